The van der Waals surface area contributed by atoms with Crippen molar-refractivity contribution in [2.24, 2.45) is 16.1 Å². The van der Waals surface area contributed by atoms with Gasteiger partial charge in [-0.05, 0) is 37.5 Å². The summed E-state index contributed by atoms with van der Waals surface area (Å²) in [4.78, 5) is 24.2. The van der Waals surface area contributed by atoms with Gasteiger partial charge in [-0.25, -0.2) is 0 Å². The molecule has 1 aromatic carbocycles. The third-order valence-corrected chi connectivity index (χ3v) is 5.18. The zero-order chi connectivity index (χ0) is 19.3. The molecule has 2 amide bonds. The highest BCUT2D eigenvalue weighted by Gasteiger charge is 2.32. The maximum Gasteiger partial charge on any atom is 0.240 e. The second-order valence-corrected chi connectivity index (χ2v) is 8.32. The summed E-state index contributed by atoms with van der Waals surface area (Å²) in [6.45, 7) is 6.09. The van der Waals surface area contributed by atoms with Crippen LogP contribution in [-0.4, -0.2) is 27.9 Å². The predicted octanol–water partition coefficient (Wildman–Crippen LogP) is 4.33. The SMILES string of the molecule is CC(CC(C)C)=NN=C1NC(=O)[C@@H](CC(=O)Nc2ccc(Cl)c(Cl)c2)S1. The van der Waals surface area contributed by atoms with E-state index in [1.54, 1.807) is 18.2 Å². The van der Waals surface area contributed by atoms with Crippen molar-refractivity contribution in [2.75, 3.05) is 5.32 Å². The van der Waals surface area contributed by atoms with E-state index in [2.05, 4.69) is 34.7 Å². The first kappa shape index (κ1) is 20.7. The van der Waals surface area contributed by atoms with Gasteiger partial charge in [0.25, 0.3) is 0 Å². The van der Waals surface area contributed by atoms with Crippen LogP contribution in [0.25, 0.3) is 0 Å². The Kier molecular flexibility index (Phi) is 7.49. The van der Waals surface area contributed by atoms with Gasteiger partial charge in [0.05, 0.1) is 10.0 Å². The van der Waals surface area contributed by atoms with E-state index >= 15 is 0 Å². The summed E-state index contributed by atoms with van der Waals surface area (Å²) in [6.07, 6.45) is 0.856. The number of carbonyl (C=O) groups is 2. The minimum atomic E-state index is -0.544. The first-order valence-electron chi connectivity index (χ1n) is 8.08. The highest BCUT2D eigenvalue weighted by atomic mass is 35.5. The third-order valence-electron chi connectivity index (χ3n) is 3.37. The Labute approximate surface area is 166 Å². The molecular formula is C17H20Cl2N4O2S. The number of halogens is 2. The molecule has 9 heteroatoms. The van der Waals surface area contributed by atoms with Crippen molar-refractivity contribution < 1.29 is 9.59 Å². The van der Waals surface area contributed by atoms with Crippen LogP contribution in [-0.2, 0) is 9.59 Å². The lowest BCUT2D eigenvalue weighted by atomic mass is 10.1. The minimum Gasteiger partial charge on any atom is -0.326 e. The number of anilines is 1. The standard InChI is InChI=1S/C17H20Cl2N4O2S/c1-9(2)6-10(3)22-23-17-21-16(25)14(26-17)8-15(24)20-11-4-5-12(18)13(19)7-11/h4-5,7,9,14H,6,8H2,1-3H3,(H,20,24)(H,21,23,25)/t14-/m1/s1. The number of amidine groups is 1. The van der Waals surface area contributed by atoms with Crippen LogP contribution in [0.1, 0.15) is 33.6 Å². The molecule has 1 fully saturated rings. The van der Waals surface area contributed by atoms with Crippen molar-refractivity contribution in [1.82, 2.24) is 5.32 Å². The molecule has 140 valence electrons. The van der Waals surface area contributed by atoms with Crippen molar-refractivity contribution >= 4 is 63.3 Å². The molecule has 1 heterocycles. The molecule has 1 aliphatic heterocycles. The van der Waals surface area contributed by atoms with E-state index in [1.807, 2.05) is 6.92 Å². The van der Waals surface area contributed by atoms with Crippen LogP contribution >= 0.6 is 35.0 Å². The number of hydrogen-bond donors (Lipinski definition) is 2. The fourth-order valence-corrected chi connectivity index (χ4v) is 3.52. The van der Waals surface area contributed by atoms with Crippen LogP contribution in [0, 0.1) is 5.92 Å². The summed E-state index contributed by atoms with van der Waals surface area (Å²) < 4.78 is 0. The largest absolute Gasteiger partial charge is 0.326 e. The van der Waals surface area contributed by atoms with Crippen LogP contribution < -0.4 is 10.6 Å². The average Bonchev–Trinajstić information content (AvgIpc) is 2.88. The predicted molar refractivity (Wildman–Crippen MR) is 109 cm³/mol. The zero-order valence-electron chi connectivity index (χ0n) is 14.7. The van der Waals surface area contributed by atoms with Crippen LogP contribution in [0.4, 0.5) is 5.69 Å². The van der Waals surface area contributed by atoms with Gasteiger partial charge in [-0.15, -0.1) is 5.10 Å². The Morgan fingerprint density at radius 1 is 1.35 bits per heavy atom. The van der Waals surface area contributed by atoms with E-state index in [0.29, 0.717) is 26.8 Å². The molecule has 0 unspecified atom stereocenters. The average molecular weight is 415 g/mol. The first-order chi connectivity index (χ1) is 12.2. The van der Waals surface area contributed by atoms with E-state index < -0.39 is 5.25 Å². The van der Waals surface area contributed by atoms with Crippen molar-refractivity contribution in [3.8, 4) is 0 Å². The second-order valence-electron chi connectivity index (χ2n) is 6.32. The Morgan fingerprint density at radius 3 is 2.73 bits per heavy atom. The number of hydrogen-bond acceptors (Lipinski definition) is 5. The molecule has 2 N–H and O–H groups in total. The van der Waals surface area contributed by atoms with E-state index in [9.17, 15) is 9.59 Å². The first-order valence-corrected chi connectivity index (χ1v) is 9.71. The smallest absolute Gasteiger partial charge is 0.240 e. The molecule has 1 atom stereocenters. The molecule has 1 aromatic rings. The zero-order valence-corrected chi connectivity index (χ0v) is 17.0. The number of carbonyl (C=O) groups excluding carboxylic acids is 2. The molecular weight excluding hydrogens is 395 g/mol. The van der Waals surface area contributed by atoms with Gasteiger partial charge in [-0.1, -0.05) is 48.8 Å². The van der Waals surface area contributed by atoms with Gasteiger partial charge in [0.15, 0.2) is 5.17 Å². The topological polar surface area (TPSA) is 82.9 Å². The molecule has 0 spiro atoms. The summed E-state index contributed by atoms with van der Waals surface area (Å²) in [6, 6.07) is 4.80. The maximum atomic E-state index is 12.2. The van der Waals surface area contributed by atoms with Crippen molar-refractivity contribution in [3.63, 3.8) is 0 Å². The van der Waals surface area contributed by atoms with Gasteiger partial charge < -0.3 is 10.6 Å². The van der Waals surface area contributed by atoms with Crippen molar-refractivity contribution in [3.05, 3.63) is 28.2 Å². The number of rotatable bonds is 6. The molecule has 1 saturated heterocycles. The van der Waals surface area contributed by atoms with Crippen LogP contribution in [0.5, 0.6) is 0 Å². The molecule has 1 aliphatic rings. The van der Waals surface area contributed by atoms with E-state index in [4.69, 9.17) is 23.2 Å². The molecule has 0 radical (unpaired) electrons. The summed E-state index contributed by atoms with van der Waals surface area (Å²) in [5, 5.41) is 14.1. The minimum absolute atomic E-state index is 0.0183. The normalized spacial score (nSPS) is 19.2. The summed E-state index contributed by atoms with van der Waals surface area (Å²) in [5.74, 6) is -0.0610. The highest BCUT2D eigenvalue weighted by Crippen LogP contribution is 2.26. The van der Waals surface area contributed by atoms with Gasteiger partial charge in [-0.2, -0.15) is 5.10 Å². The van der Waals surface area contributed by atoms with Crippen molar-refractivity contribution in [1.29, 1.82) is 0 Å². The Balaban J connectivity index is 1.92. The number of nitrogens with zero attached hydrogens (tertiary/aromatic N) is 2. The van der Waals surface area contributed by atoms with Gasteiger partial charge in [-0.3, -0.25) is 9.59 Å². The fraction of sp³-hybridized carbons (Fsp3) is 0.412. The monoisotopic (exact) mass is 414 g/mol. The van der Waals surface area contributed by atoms with Gasteiger partial charge in [0.2, 0.25) is 11.8 Å². The van der Waals surface area contributed by atoms with Gasteiger partial charge in [0.1, 0.15) is 5.25 Å². The van der Waals surface area contributed by atoms with Crippen LogP contribution in [0.15, 0.2) is 28.4 Å². The lowest BCUT2D eigenvalue weighted by Gasteiger charge is -2.08. The quantitative estimate of drug-likeness (QED) is 0.536. The van der Waals surface area contributed by atoms with Gasteiger partial charge in [0, 0.05) is 17.8 Å². The summed E-state index contributed by atoms with van der Waals surface area (Å²) in [7, 11) is 0. The van der Waals surface area contributed by atoms with Crippen LogP contribution in [0.3, 0.4) is 0 Å². The molecule has 0 bridgehead atoms. The highest BCUT2D eigenvalue weighted by molar-refractivity contribution is 8.15. The molecule has 0 saturated carbocycles. The van der Waals surface area contributed by atoms with E-state index in [-0.39, 0.29) is 18.2 Å². The number of nitrogens with one attached hydrogen (secondary N) is 2. The maximum absolute atomic E-state index is 12.2. The fourth-order valence-electron chi connectivity index (χ4n) is 2.30. The van der Waals surface area contributed by atoms with Crippen LogP contribution in [0.2, 0.25) is 10.0 Å². The molecule has 0 aliphatic carbocycles. The molecule has 2 rings (SSSR count). The number of benzene rings is 1. The lowest BCUT2D eigenvalue weighted by molar-refractivity contribution is -0.122. The summed E-state index contributed by atoms with van der Waals surface area (Å²) >= 11 is 13.0. The second kappa shape index (κ2) is 9.39. The Bertz CT molecular complexity index is 765. The Morgan fingerprint density at radius 2 is 2.08 bits per heavy atom. The molecule has 0 aromatic heterocycles. The van der Waals surface area contributed by atoms with E-state index in [0.717, 1.165) is 12.1 Å². The third kappa shape index (κ3) is 6.30. The summed E-state index contributed by atoms with van der Waals surface area (Å²) in [5.41, 5.74) is 1.42. The molecule has 26 heavy (non-hydrogen) atoms. The lowest BCUT2D eigenvalue weighted by Crippen LogP contribution is -2.28. The van der Waals surface area contributed by atoms with E-state index in [1.165, 1.54) is 11.8 Å². The Hall–Kier alpha value is -1.57. The van der Waals surface area contributed by atoms with Gasteiger partial charge >= 0.3 is 0 Å². The van der Waals surface area contributed by atoms with Crippen molar-refractivity contribution in [2.45, 2.75) is 38.9 Å². The molecule has 6 nitrogen and oxygen atoms in total. The number of amides is 2. The number of thioether (sulfide) groups is 1.